The van der Waals surface area contributed by atoms with Gasteiger partial charge in [-0.05, 0) is 30.7 Å². The minimum absolute atomic E-state index is 0.411. The van der Waals surface area contributed by atoms with Crippen molar-refractivity contribution in [3.8, 4) is 0 Å². The lowest BCUT2D eigenvalue weighted by Gasteiger charge is -2.30. The van der Waals surface area contributed by atoms with E-state index in [4.69, 9.17) is 4.74 Å². The molecule has 0 spiro atoms. The average molecular weight is 281 g/mol. The van der Waals surface area contributed by atoms with Crippen LogP contribution in [0.1, 0.15) is 31.9 Å². The topological polar surface area (TPSA) is 21.3 Å². The van der Waals surface area contributed by atoms with Gasteiger partial charge in [-0.15, -0.1) is 0 Å². The number of hydrogen-bond acceptors (Lipinski definition) is 3. The van der Waals surface area contributed by atoms with Crippen LogP contribution < -0.4 is 5.32 Å². The molecule has 2 atom stereocenters. The number of benzene rings is 1. The van der Waals surface area contributed by atoms with Gasteiger partial charge in [-0.25, -0.2) is 0 Å². The van der Waals surface area contributed by atoms with E-state index in [2.05, 4.69) is 68.3 Å². The van der Waals surface area contributed by atoms with Crippen molar-refractivity contribution in [1.29, 1.82) is 0 Å². The monoisotopic (exact) mass is 281 g/mol. The van der Waals surface area contributed by atoms with Gasteiger partial charge < -0.3 is 10.1 Å². The molecule has 108 valence electrons. The van der Waals surface area contributed by atoms with E-state index in [1.165, 1.54) is 5.56 Å². The summed E-state index contributed by atoms with van der Waals surface area (Å²) in [6.07, 6.45) is 1.12. The standard InChI is InChI=1S/C16H27NOS/c1-13(2)16(19-12-8-11-18-4)15(17-3)14-9-6-5-7-10-14/h5-7,9-10,13,15-17H,8,11-12H2,1-4H3. The van der Waals surface area contributed by atoms with Crippen molar-refractivity contribution in [1.82, 2.24) is 5.32 Å². The maximum absolute atomic E-state index is 5.13. The van der Waals surface area contributed by atoms with Gasteiger partial charge in [0.1, 0.15) is 0 Å². The SMILES string of the molecule is CNC(c1ccccc1)C(SCCCOC)C(C)C. The minimum atomic E-state index is 0.411. The maximum Gasteiger partial charge on any atom is 0.0470 e. The third-order valence-corrected chi connectivity index (χ3v) is 4.98. The van der Waals surface area contributed by atoms with E-state index in [-0.39, 0.29) is 0 Å². The van der Waals surface area contributed by atoms with Gasteiger partial charge >= 0.3 is 0 Å². The lowest BCUT2D eigenvalue weighted by Crippen LogP contribution is -2.31. The molecule has 0 saturated heterocycles. The number of methoxy groups -OCH3 is 1. The van der Waals surface area contributed by atoms with E-state index in [0.29, 0.717) is 17.2 Å². The van der Waals surface area contributed by atoms with E-state index in [0.717, 1.165) is 18.8 Å². The Morgan fingerprint density at radius 2 is 1.89 bits per heavy atom. The highest BCUT2D eigenvalue weighted by Crippen LogP contribution is 2.32. The Morgan fingerprint density at radius 1 is 1.21 bits per heavy atom. The van der Waals surface area contributed by atoms with Crippen LogP contribution in [0.4, 0.5) is 0 Å². The third kappa shape index (κ3) is 5.55. The Bertz CT molecular complexity index is 329. The van der Waals surface area contributed by atoms with E-state index in [9.17, 15) is 0 Å². The number of rotatable bonds is 9. The molecule has 0 saturated carbocycles. The van der Waals surface area contributed by atoms with Gasteiger partial charge in [0, 0.05) is 25.0 Å². The predicted molar refractivity (Wildman–Crippen MR) is 85.8 cm³/mol. The van der Waals surface area contributed by atoms with Crippen LogP contribution in [0.25, 0.3) is 0 Å². The maximum atomic E-state index is 5.13. The van der Waals surface area contributed by atoms with Crippen molar-refractivity contribution < 1.29 is 4.74 Å². The van der Waals surface area contributed by atoms with Crippen molar-refractivity contribution in [3.05, 3.63) is 35.9 Å². The van der Waals surface area contributed by atoms with Gasteiger partial charge in [-0.1, -0.05) is 44.2 Å². The molecule has 0 aromatic heterocycles. The van der Waals surface area contributed by atoms with Crippen LogP contribution in [0.3, 0.4) is 0 Å². The van der Waals surface area contributed by atoms with Gasteiger partial charge in [-0.2, -0.15) is 11.8 Å². The molecular weight excluding hydrogens is 254 g/mol. The molecule has 2 unspecified atom stereocenters. The number of nitrogens with one attached hydrogen (secondary N) is 1. The molecular formula is C16H27NOS. The molecule has 1 N–H and O–H groups in total. The molecule has 0 radical (unpaired) electrons. The van der Waals surface area contributed by atoms with Crippen molar-refractivity contribution in [2.45, 2.75) is 31.6 Å². The average Bonchev–Trinajstić information content (AvgIpc) is 2.43. The lowest BCUT2D eigenvalue weighted by molar-refractivity contribution is 0.200. The normalized spacial score (nSPS) is 14.6. The molecule has 0 bridgehead atoms. The van der Waals surface area contributed by atoms with Crippen molar-refractivity contribution in [2.75, 3.05) is 26.5 Å². The molecule has 3 heteroatoms. The molecule has 2 nitrogen and oxygen atoms in total. The summed E-state index contributed by atoms with van der Waals surface area (Å²) < 4.78 is 5.13. The molecule has 1 rings (SSSR count). The highest BCUT2D eigenvalue weighted by molar-refractivity contribution is 7.99. The van der Waals surface area contributed by atoms with Crippen molar-refractivity contribution in [3.63, 3.8) is 0 Å². The van der Waals surface area contributed by atoms with E-state index < -0.39 is 0 Å². The first-order chi connectivity index (χ1) is 9.20. The van der Waals surface area contributed by atoms with E-state index >= 15 is 0 Å². The molecule has 0 aliphatic rings. The zero-order valence-electron chi connectivity index (χ0n) is 12.6. The summed E-state index contributed by atoms with van der Waals surface area (Å²) in [4.78, 5) is 0. The van der Waals surface area contributed by atoms with Crippen LogP contribution >= 0.6 is 11.8 Å². The first-order valence-electron chi connectivity index (χ1n) is 7.03. The highest BCUT2D eigenvalue weighted by atomic mass is 32.2. The lowest BCUT2D eigenvalue weighted by atomic mass is 9.96. The Morgan fingerprint density at radius 3 is 2.42 bits per heavy atom. The number of thioether (sulfide) groups is 1. The quantitative estimate of drug-likeness (QED) is 0.697. The van der Waals surface area contributed by atoms with E-state index in [1.807, 2.05) is 0 Å². The zero-order valence-corrected chi connectivity index (χ0v) is 13.4. The summed E-state index contributed by atoms with van der Waals surface area (Å²) in [5.41, 5.74) is 1.38. The van der Waals surface area contributed by atoms with Crippen LogP contribution in [0.15, 0.2) is 30.3 Å². The van der Waals surface area contributed by atoms with Gasteiger partial charge in [0.25, 0.3) is 0 Å². The molecule has 0 heterocycles. The van der Waals surface area contributed by atoms with Gasteiger partial charge in [0.2, 0.25) is 0 Å². The molecule has 0 amide bonds. The molecule has 19 heavy (non-hydrogen) atoms. The van der Waals surface area contributed by atoms with Crippen LogP contribution in [0.5, 0.6) is 0 Å². The molecule has 1 aromatic carbocycles. The number of ether oxygens (including phenoxy) is 1. The van der Waals surface area contributed by atoms with Gasteiger partial charge in [-0.3, -0.25) is 0 Å². The fourth-order valence-corrected chi connectivity index (χ4v) is 3.70. The predicted octanol–water partition coefficient (Wildman–Crippen LogP) is 3.74. The molecule has 0 aliphatic heterocycles. The summed E-state index contributed by atoms with van der Waals surface area (Å²) in [6.45, 7) is 5.47. The van der Waals surface area contributed by atoms with Crippen molar-refractivity contribution in [2.24, 2.45) is 5.92 Å². The Balaban J connectivity index is 2.67. The molecule has 0 fully saturated rings. The smallest absolute Gasteiger partial charge is 0.0470 e. The zero-order chi connectivity index (χ0) is 14.1. The first-order valence-corrected chi connectivity index (χ1v) is 8.08. The third-order valence-electron chi connectivity index (χ3n) is 3.26. The van der Waals surface area contributed by atoms with E-state index in [1.54, 1.807) is 7.11 Å². The summed E-state index contributed by atoms with van der Waals surface area (Å²) >= 11 is 2.05. The first kappa shape index (κ1) is 16.5. The summed E-state index contributed by atoms with van der Waals surface area (Å²) in [5.74, 6) is 1.80. The van der Waals surface area contributed by atoms with Gasteiger partial charge in [0.05, 0.1) is 0 Å². The van der Waals surface area contributed by atoms with Gasteiger partial charge in [0.15, 0.2) is 0 Å². The molecule has 0 aliphatic carbocycles. The largest absolute Gasteiger partial charge is 0.385 e. The Hall–Kier alpha value is -0.510. The summed E-state index contributed by atoms with van der Waals surface area (Å²) in [7, 11) is 3.83. The second-order valence-electron chi connectivity index (χ2n) is 5.10. The number of hydrogen-bond donors (Lipinski definition) is 1. The summed E-state index contributed by atoms with van der Waals surface area (Å²) in [6, 6.07) is 11.2. The second kappa shape index (κ2) is 9.40. The van der Waals surface area contributed by atoms with Crippen LogP contribution in [-0.2, 0) is 4.74 Å². The second-order valence-corrected chi connectivity index (χ2v) is 6.39. The summed E-state index contributed by atoms with van der Waals surface area (Å²) in [5, 5.41) is 4.08. The van der Waals surface area contributed by atoms with Crippen LogP contribution in [-0.4, -0.2) is 31.8 Å². The van der Waals surface area contributed by atoms with Crippen molar-refractivity contribution >= 4 is 11.8 Å². The highest BCUT2D eigenvalue weighted by Gasteiger charge is 2.24. The van der Waals surface area contributed by atoms with Crippen LogP contribution in [0, 0.1) is 5.92 Å². The minimum Gasteiger partial charge on any atom is -0.385 e. The van der Waals surface area contributed by atoms with Crippen LogP contribution in [0.2, 0.25) is 0 Å². The molecule has 1 aromatic rings. The fraction of sp³-hybridized carbons (Fsp3) is 0.625. The Labute approximate surface area is 122 Å². The Kier molecular flexibility index (Phi) is 8.19. The fourth-order valence-electron chi connectivity index (χ4n) is 2.28.